The molecule has 1 fully saturated rings. The van der Waals surface area contributed by atoms with Crippen LogP contribution in [0, 0.1) is 5.92 Å². The monoisotopic (exact) mass is 390 g/mol. The second-order valence-corrected chi connectivity index (χ2v) is 6.60. The summed E-state index contributed by atoms with van der Waals surface area (Å²) in [6, 6.07) is 15.7. The highest BCUT2D eigenvalue weighted by Crippen LogP contribution is 2.31. The third kappa shape index (κ3) is 5.62. The quantitative estimate of drug-likeness (QED) is 0.759. The van der Waals surface area contributed by atoms with Gasteiger partial charge in [0.15, 0.2) is 11.5 Å². The molecule has 1 saturated heterocycles. The summed E-state index contributed by atoms with van der Waals surface area (Å²) in [5.41, 5.74) is 2.10. The summed E-state index contributed by atoms with van der Waals surface area (Å²) in [5.74, 6) is 1.53. The molecule has 6 heteroatoms. The van der Waals surface area contributed by atoms with Gasteiger partial charge in [-0.3, -0.25) is 4.79 Å². The van der Waals surface area contributed by atoms with Crippen LogP contribution in [0.1, 0.15) is 30.5 Å². The number of hydrogen-bond donors (Lipinski definition) is 2. The Kier molecular flexibility index (Phi) is 7.95. The first-order valence-corrected chi connectivity index (χ1v) is 9.03. The number of ether oxygens (including phenoxy) is 2. The van der Waals surface area contributed by atoms with Gasteiger partial charge in [0.25, 0.3) is 0 Å². The van der Waals surface area contributed by atoms with Crippen molar-refractivity contribution in [2.24, 2.45) is 5.92 Å². The number of carbonyl (C=O) groups excluding carboxylic acids is 1. The SMILES string of the molecule is COc1cc(C(C)NC(=O)C2CCNC2)ccc1OCc1ccccc1.Cl. The topological polar surface area (TPSA) is 59.6 Å². The van der Waals surface area contributed by atoms with E-state index in [4.69, 9.17) is 9.47 Å². The van der Waals surface area contributed by atoms with Gasteiger partial charge in [-0.15, -0.1) is 12.4 Å². The van der Waals surface area contributed by atoms with Crippen molar-refractivity contribution < 1.29 is 14.3 Å². The molecule has 0 saturated carbocycles. The van der Waals surface area contributed by atoms with Crippen LogP contribution in [-0.4, -0.2) is 26.1 Å². The Bertz CT molecular complexity index is 733. The van der Waals surface area contributed by atoms with Crippen LogP contribution in [0.3, 0.4) is 0 Å². The van der Waals surface area contributed by atoms with Crippen LogP contribution in [0.15, 0.2) is 48.5 Å². The maximum absolute atomic E-state index is 12.3. The van der Waals surface area contributed by atoms with E-state index in [0.717, 1.165) is 30.6 Å². The molecule has 1 amide bonds. The first-order chi connectivity index (χ1) is 12.7. The van der Waals surface area contributed by atoms with E-state index in [-0.39, 0.29) is 30.3 Å². The Morgan fingerprint density at radius 3 is 2.67 bits per heavy atom. The first-order valence-electron chi connectivity index (χ1n) is 9.03. The molecule has 0 radical (unpaired) electrons. The van der Waals surface area contributed by atoms with Crippen LogP contribution < -0.4 is 20.1 Å². The molecule has 27 heavy (non-hydrogen) atoms. The number of hydrogen-bond acceptors (Lipinski definition) is 4. The molecule has 0 aliphatic carbocycles. The molecule has 0 spiro atoms. The summed E-state index contributed by atoms with van der Waals surface area (Å²) in [5, 5.41) is 6.31. The number of halogens is 1. The van der Waals surface area contributed by atoms with Crippen LogP contribution in [0.4, 0.5) is 0 Å². The van der Waals surface area contributed by atoms with Crippen molar-refractivity contribution in [1.29, 1.82) is 0 Å². The largest absolute Gasteiger partial charge is 0.493 e. The van der Waals surface area contributed by atoms with Gasteiger partial charge in [-0.05, 0) is 43.1 Å². The number of benzene rings is 2. The Morgan fingerprint density at radius 2 is 2.00 bits per heavy atom. The van der Waals surface area contributed by atoms with Crippen molar-refractivity contribution >= 4 is 18.3 Å². The van der Waals surface area contributed by atoms with E-state index in [1.165, 1.54) is 0 Å². The fourth-order valence-electron chi connectivity index (χ4n) is 3.10. The Hall–Kier alpha value is -2.24. The summed E-state index contributed by atoms with van der Waals surface area (Å²) in [6.45, 7) is 4.14. The predicted octanol–water partition coefficient (Wildman–Crippen LogP) is 3.48. The van der Waals surface area contributed by atoms with E-state index in [1.54, 1.807) is 7.11 Å². The van der Waals surface area contributed by atoms with Crippen molar-refractivity contribution in [1.82, 2.24) is 10.6 Å². The molecule has 146 valence electrons. The fourth-order valence-corrected chi connectivity index (χ4v) is 3.10. The molecular weight excluding hydrogens is 364 g/mol. The van der Waals surface area contributed by atoms with E-state index >= 15 is 0 Å². The molecule has 1 heterocycles. The van der Waals surface area contributed by atoms with E-state index in [1.807, 2.05) is 55.5 Å². The summed E-state index contributed by atoms with van der Waals surface area (Å²) >= 11 is 0. The lowest BCUT2D eigenvalue weighted by Crippen LogP contribution is -2.33. The molecule has 2 N–H and O–H groups in total. The molecule has 0 aromatic heterocycles. The standard InChI is InChI=1S/C21H26N2O3.ClH/c1-15(23-21(24)18-10-11-22-13-18)17-8-9-19(20(12-17)25-2)26-14-16-6-4-3-5-7-16;/h3-9,12,15,18,22H,10-11,13-14H2,1-2H3,(H,23,24);1H. The van der Waals surface area contributed by atoms with Crippen molar-refractivity contribution in [2.75, 3.05) is 20.2 Å². The molecule has 0 bridgehead atoms. The number of amides is 1. The molecule has 2 aromatic rings. The third-order valence-electron chi connectivity index (χ3n) is 4.71. The molecule has 1 aliphatic rings. The molecular formula is C21H27ClN2O3. The summed E-state index contributed by atoms with van der Waals surface area (Å²) < 4.78 is 11.4. The second-order valence-electron chi connectivity index (χ2n) is 6.60. The van der Waals surface area contributed by atoms with Crippen LogP contribution in [0.2, 0.25) is 0 Å². The maximum atomic E-state index is 12.3. The molecule has 3 rings (SSSR count). The lowest BCUT2D eigenvalue weighted by Gasteiger charge is -2.19. The van der Waals surface area contributed by atoms with Gasteiger partial charge in [0.2, 0.25) is 5.91 Å². The van der Waals surface area contributed by atoms with Gasteiger partial charge < -0.3 is 20.1 Å². The Labute approximate surface area is 166 Å². The minimum absolute atomic E-state index is 0. The van der Waals surface area contributed by atoms with E-state index in [2.05, 4.69) is 10.6 Å². The predicted molar refractivity (Wildman–Crippen MR) is 109 cm³/mol. The van der Waals surface area contributed by atoms with Crippen LogP contribution >= 0.6 is 12.4 Å². The smallest absolute Gasteiger partial charge is 0.224 e. The van der Waals surface area contributed by atoms with Crippen molar-refractivity contribution in [2.45, 2.75) is 26.0 Å². The minimum Gasteiger partial charge on any atom is -0.493 e. The molecule has 2 atom stereocenters. The van der Waals surface area contributed by atoms with Crippen LogP contribution in [-0.2, 0) is 11.4 Å². The number of methoxy groups -OCH3 is 1. The van der Waals surface area contributed by atoms with Gasteiger partial charge in [0, 0.05) is 6.54 Å². The van der Waals surface area contributed by atoms with E-state index < -0.39 is 0 Å². The first kappa shape index (κ1) is 21.1. The Morgan fingerprint density at radius 1 is 1.22 bits per heavy atom. The zero-order chi connectivity index (χ0) is 18.4. The average Bonchev–Trinajstić information content (AvgIpc) is 3.22. The zero-order valence-corrected chi connectivity index (χ0v) is 16.6. The van der Waals surface area contributed by atoms with Gasteiger partial charge >= 0.3 is 0 Å². The van der Waals surface area contributed by atoms with E-state index in [0.29, 0.717) is 18.1 Å². The number of carbonyl (C=O) groups is 1. The van der Waals surface area contributed by atoms with Gasteiger partial charge in [-0.25, -0.2) is 0 Å². The van der Waals surface area contributed by atoms with Crippen molar-refractivity contribution in [3.8, 4) is 11.5 Å². The maximum Gasteiger partial charge on any atom is 0.224 e. The lowest BCUT2D eigenvalue weighted by molar-refractivity contribution is -0.125. The van der Waals surface area contributed by atoms with Crippen LogP contribution in [0.25, 0.3) is 0 Å². The zero-order valence-electron chi connectivity index (χ0n) is 15.7. The number of nitrogens with one attached hydrogen (secondary N) is 2. The van der Waals surface area contributed by atoms with Gasteiger partial charge in [0.05, 0.1) is 19.1 Å². The molecule has 2 aromatic carbocycles. The highest BCUT2D eigenvalue weighted by molar-refractivity contribution is 5.85. The fraction of sp³-hybridized carbons (Fsp3) is 0.381. The molecule has 1 aliphatic heterocycles. The Balaban J connectivity index is 0.00000261. The van der Waals surface area contributed by atoms with Crippen LogP contribution in [0.5, 0.6) is 11.5 Å². The summed E-state index contributed by atoms with van der Waals surface area (Å²) in [7, 11) is 1.63. The third-order valence-corrected chi connectivity index (χ3v) is 4.71. The number of rotatable bonds is 7. The highest BCUT2D eigenvalue weighted by atomic mass is 35.5. The van der Waals surface area contributed by atoms with E-state index in [9.17, 15) is 4.79 Å². The van der Waals surface area contributed by atoms with Gasteiger partial charge in [0.1, 0.15) is 6.61 Å². The van der Waals surface area contributed by atoms with Crippen molar-refractivity contribution in [3.63, 3.8) is 0 Å². The normalized spacial score (nSPS) is 16.9. The lowest BCUT2D eigenvalue weighted by atomic mass is 10.0. The average molecular weight is 391 g/mol. The summed E-state index contributed by atoms with van der Waals surface area (Å²) in [4.78, 5) is 12.3. The van der Waals surface area contributed by atoms with Gasteiger partial charge in [-0.1, -0.05) is 36.4 Å². The van der Waals surface area contributed by atoms with Gasteiger partial charge in [-0.2, -0.15) is 0 Å². The molecule has 5 nitrogen and oxygen atoms in total. The summed E-state index contributed by atoms with van der Waals surface area (Å²) in [6.07, 6.45) is 0.897. The minimum atomic E-state index is -0.0832. The highest BCUT2D eigenvalue weighted by Gasteiger charge is 2.24. The van der Waals surface area contributed by atoms with Crippen molar-refractivity contribution in [3.05, 3.63) is 59.7 Å². The molecule has 2 unspecified atom stereocenters. The second kappa shape index (κ2) is 10.2.